The predicted octanol–water partition coefficient (Wildman–Crippen LogP) is 7.26. The van der Waals surface area contributed by atoms with Gasteiger partial charge >= 0.3 is 5.97 Å². The topological polar surface area (TPSA) is 59.3 Å². The molecule has 0 saturated heterocycles. The highest BCUT2D eigenvalue weighted by molar-refractivity contribution is 5.87. The van der Waals surface area contributed by atoms with E-state index in [9.17, 15) is 9.59 Å². The summed E-state index contributed by atoms with van der Waals surface area (Å²) in [5, 5.41) is 9.15. The highest BCUT2D eigenvalue weighted by Gasteiger charge is 2.61. The summed E-state index contributed by atoms with van der Waals surface area (Å²) < 4.78 is 1.70. The number of pyridine rings is 1. The summed E-state index contributed by atoms with van der Waals surface area (Å²) in [7, 11) is 0. The van der Waals surface area contributed by atoms with Gasteiger partial charge < -0.3 is 9.67 Å². The first kappa shape index (κ1) is 25.1. The summed E-state index contributed by atoms with van der Waals surface area (Å²) in [4.78, 5) is 23.6. The zero-order valence-electron chi connectivity index (χ0n) is 22.5. The SMILES string of the molecule is CC[C@H]1CC2C3CC[C@H]([C@H](C)CCn4ccc(C(=O)O)cc4=O)[C@@]3(C)CCC2[C@@]2(C)CCCC[C@@H]12. The molecule has 4 heteroatoms. The second kappa shape index (κ2) is 9.38. The molecule has 1 aromatic heterocycles. The summed E-state index contributed by atoms with van der Waals surface area (Å²) >= 11 is 0. The Hall–Kier alpha value is -1.58. The fourth-order valence-corrected chi connectivity index (χ4v) is 10.4. The number of carboxylic acids is 1. The monoisotopic (exact) mass is 481 g/mol. The van der Waals surface area contributed by atoms with Gasteiger partial charge in [0.25, 0.3) is 5.56 Å². The molecule has 4 fully saturated rings. The van der Waals surface area contributed by atoms with E-state index in [4.69, 9.17) is 5.11 Å². The molecule has 0 aromatic carbocycles. The van der Waals surface area contributed by atoms with E-state index in [1.165, 1.54) is 70.3 Å². The van der Waals surface area contributed by atoms with E-state index in [0.717, 1.165) is 41.9 Å². The van der Waals surface area contributed by atoms with Crippen molar-refractivity contribution in [3.8, 4) is 0 Å². The van der Waals surface area contributed by atoms with Crippen LogP contribution in [-0.2, 0) is 6.54 Å². The van der Waals surface area contributed by atoms with Crippen molar-refractivity contribution in [3.63, 3.8) is 0 Å². The number of fused-ring (bicyclic) bond motifs is 5. The van der Waals surface area contributed by atoms with Crippen LogP contribution in [0.5, 0.6) is 0 Å². The number of nitrogens with zero attached hydrogens (tertiary/aromatic N) is 1. The highest BCUT2D eigenvalue weighted by Crippen LogP contribution is 2.69. The largest absolute Gasteiger partial charge is 0.478 e. The van der Waals surface area contributed by atoms with Gasteiger partial charge in [-0.2, -0.15) is 0 Å². The van der Waals surface area contributed by atoms with Crippen molar-refractivity contribution in [1.29, 1.82) is 0 Å². The minimum atomic E-state index is -1.04. The summed E-state index contributed by atoms with van der Waals surface area (Å²) in [5.41, 5.74) is 0.899. The van der Waals surface area contributed by atoms with Crippen LogP contribution < -0.4 is 5.56 Å². The molecule has 5 rings (SSSR count). The Morgan fingerprint density at radius 3 is 2.57 bits per heavy atom. The van der Waals surface area contributed by atoms with Crippen molar-refractivity contribution in [1.82, 2.24) is 4.57 Å². The van der Waals surface area contributed by atoms with Crippen LogP contribution in [0.2, 0.25) is 0 Å². The van der Waals surface area contributed by atoms with Gasteiger partial charge in [-0.3, -0.25) is 4.79 Å². The molecule has 4 aliphatic carbocycles. The van der Waals surface area contributed by atoms with Gasteiger partial charge in [-0.1, -0.05) is 47.0 Å². The summed E-state index contributed by atoms with van der Waals surface area (Å²) in [6.07, 6.45) is 16.9. The standard InChI is InChI=1S/C31H47NO3/c1-5-21-18-23-26-10-9-24(20(2)12-16-32-17-13-22(29(34)35)19-28(32)33)31(26,4)15-11-27(23)30(3)14-7-6-8-25(21)30/h13,17,19-21,23-27H,5-12,14-16,18H2,1-4H3,(H,34,35)/t20-,21+,23?,24-,25+,26?,27?,30+,31-/m1/s1. The first-order valence-electron chi connectivity index (χ1n) is 14.6. The van der Waals surface area contributed by atoms with Crippen molar-refractivity contribution in [3.05, 3.63) is 34.2 Å². The molecular weight excluding hydrogens is 434 g/mol. The van der Waals surface area contributed by atoms with Crippen molar-refractivity contribution in [2.75, 3.05) is 0 Å². The van der Waals surface area contributed by atoms with Crippen LogP contribution in [-0.4, -0.2) is 15.6 Å². The molecule has 9 atom stereocenters. The third-order valence-electron chi connectivity index (χ3n) is 12.1. The average Bonchev–Trinajstić information content (AvgIpc) is 3.19. The molecule has 0 bridgehead atoms. The molecule has 194 valence electrons. The quantitative estimate of drug-likeness (QED) is 0.465. The molecule has 1 heterocycles. The van der Waals surface area contributed by atoms with Crippen molar-refractivity contribution in [2.24, 2.45) is 52.3 Å². The Morgan fingerprint density at radius 1 is 1.09 bits per heavy atom. The molecule has 3 unspecified atom stereocenters. The van der Waals surface area contributed by atoms with Crippen molar-refractivity contribution in [2.45, 2.75) is 105 Å². The zero-order chi connectivity index (χ0) is 25.0. The van der Waals surface area contributed by atoms with Crippen LogP contribution in [0.25, 0.3) is 0 Å². The molecule has 4 nitrogen and oxygen atoms in total. The van der Waals surface area contributed by atoms with Crippen LogP contribution in [0, 0.1) is 52.3 Å². The van der Waals surface area contributed by atoms with Gasteiger partial charge in [0.15, 0.2) is 0 Å². The van der Waals surface area contributed by atoms with Crippen LogP contribution in [0.3, 0.4) is 0 Å². The van der Waals surface area contributed by atoms with Crippen molar-refractivity contribution < 1.29 is 9.90 Å². The predicted molar refractivity (Wildman–Crippen MR) is 140 cm³/mol. The second-order valence-corrected chi connectivity index (χ2v) is 13.4. The van der Waals surface area contributed by atoms with Crippen LogP contribution >= 0.6 is 0 Å². The van der Waals surface area contributed by atoms with Crippen LogP contribution in [0.4, 0.5) is 0 Å². The number of aromatic carboxylic acids is 1. The highest BCUT2D eigenvalue weighted by atomic mass is 16.4. The summed E-state index contributed by atoms with van der Waals surface area (Å²) in [6.45, 7) is 10.9. The number of rotatable bonds is 6. The number of hydrogen-bond donors (Lipinski definition) is 1. The fourth-order valence-electron chi connectivity index (χ4n) is 10.4. The summed E-state index contributed by atoms with van der Waals surface area (Å²) in [5.74, 6) is 4.91. The lowest BCUT2D eigenvalue weighted by molar-refractivity contribution is -0.138. The van der Waals surface area contributed by atoms with Gasteiger partial charge in [0.1, 0.15) is 0 Å². The first-order valence-corrected chi connectivity index (χ1v) is 14.6. The van der Waals surface area contributed by atoms with Gasteiger partial charge in [-0.05, 0) is 110 Å². The van der Waals surface area contributed by atoms with E-state index >= 15 is 0 Å². The zero-order valence-corrected chi connectivity index (χ0v) is 22.5. The lowest BCUT2D eigenvalue weighted by Gasteiger charge is -2.63. The number of carbonyl (C=O) groups is 1. The molecule has 0 aliphatic heterocycles. The first-order chi connectivity index (χ1) is 16.7. The molecule has 4 saturated carbocycles. The third kappa shape index (κ3) is 4.11. The maximum absolute atomic E-state index is 12.4. The van der Waals surface area contributed by atoms with Crippen LogP contribution in [0.1, 0.15) is 109 Å². The lowest BCUT2D eigenvalue weighted by atomic mass is 9.42. The third-order valence-corrected chi connectivity index (χ3v) is 12.1. The van der Waals surface area contributed by atoms with Gasteiger partial charge in [-0.25, -0.2) is 4.79 Å². The number of aryl methyl sites for hydroxylation is 1. The van der Waals surface area contributed by atoms with Gasteiger partial charge in [0, 0.05) is 18.8 Å². The van der Waals surface area contributed by atoms with Gasteiger partial charge in [0.2, 0.25) is 0 Å². The van der Waals surface area contributed by atoms with E-state index < -0.39 is 5.97 Å². The Balaban J connectivity index is 1.30. The number of aromatic nitrogens is 1. The Labute approximate surface area is 211 Å². The van der Waals surface area contributed by atoms with E-state index in [2.05, 4.69) is 27.7 Å². The Kier molecular flexibility index (Phi) is 6.72. The van der Waals surface area contributed by atoms with Crippen molar-refractivity contribution >= 4 is 5.97 Å². The fraction of sp³-hybridized carbons (Fsp3) is 0.806. The number of carboxylic acid groups (broad SMARTS) is 1. The van der Waals surface area contributed by atoms with E-state index in [0.29, 0.717) is 23.3 Å². The molecule has 0 amide bonds. The number of hydrogen-bond acceptors (Lipinski definition) is 2. The molecule has 1 N–H and O–H groups in total. The minimum absolute atomic E-state index is 0.0778. The normalized spacial score (nSPS) is 41.5. The van der Waals surface area contributed by atoms with Crippen LogP contribution in [0.15, 0.2) is 23.1 Å². The summed E-state index contributed by atoms with van der Waals surface area (Å²) in [6, 6.07) is 2.81. The Bertz CT molecular complexity index is 999. The molecule has 35 heavy (non-hydrogen) atoms. The van der Waals surface area contributed by atoms with E-state index in [1.54, 1.807) is 16.8 Å². The molecule has 4 aliphatic rings. The maximum atomic E-state index is 12.4. The maximum Gasteiger partial charge on any atom is 0.335 e. The van der Waals surface area contributed by atoms with Gasteiger partial charge in [0.05, 0.1) is 5.56 Å². The minimum Gasteiger partial charge on any atom is -0.478 e. The average molecular weight is 482 g/mol. The smallest absolute Gasteiger partial charge is 0.335 e. The van der Waals surface area contributed by atoms with E-state index in [-0.39, 0.29) is 11.1 Å². The molecule has 1 aromatic rings. The molecule has 0 spiro atoms. The van der Waals surface area contributed by atoms with E-state index in [1.807, 2.05) is 0 Å². The van der Waals surface area contributed by atoms with Gasteiger partial charge in [-0.15, -0.1) is 0 Å². The second-order valence-electron chi connectivity index (χ2n) is 13.4. The Morgan fingerprint density at radius 2 is 1.86 bits per heavy atom. The molecule has 0 radical (unpaired) electrons. The molecular formula is C31H47NO3. The lowest BCUT2D eigenvalue weighted by Crippen LogP contribution is -2.55.